The summed E-state index contributed by atoms with van der Waals surface area (Å²) in [6.45, 7) is 7.05. The van der Waals surface area contributed by atoms with Crippen molar-refractivity contribution in [3.05, 3.63) is 0 Å². The van der Waals surface area contributed by atoms with E-state index in [9.17, 15) is 4.79 Å². The molecule has 0 aromatic rings. The first-order valence-corrected chi connectivity index (χ1v) is 5.89. The molecule has 1 atom stereocenters. The number of rotatable bonds is 1. The van der Waals surface area contributed by atoms with E-state index in [4.69, 9.17) is 11.2 Å². The van der Waals surface area contributed by atoms with Gasteiger partial charge in [-0.05, 0) is 32.4 Å². The fourth-order valence-electron chi connectivity index (χ4n) is 1.41. The normalized spacial score (nSPS) is 21.2. The molecule has 0 aliphatic carbocycles. The summed E-state index contributed by atoms with van der Waals surface area (Å²) in [6, 6.07) is 0. The maximum atomic E-state index is 11.7. The number of likely N-dealkylation sites (tertiary alicyclic amines) is 1. The summed E-state index contributed by atoms with van der Waals surface area (Å²) in [5.74, 6) is 0. The summed E-state index contributed by atoms with van der Waals surface area (Å²) in [6.07, 6.45) is 5.93. The van der Waals surface area contributed by atoms with Crippen LogP contribution in [-0.2, 0) is 4.74 Å². The van der Waals surface area contributed by atoms with Gasteiger partial charge in [-0.3, -0.25) is 0 Å². The first kappa shape index (κ1) is 12.3. The lowest BCUT2D eigenvalue weighted by Gasteiger charge is -2.24. The molecule has 1 amide bonds. The minimum atomic E-state index is -0.422. The van der Waals surface area contributed by atoms with Gasteiger partial charge in [0, 0.05) is 18.3 Å². The Morgan fingerprint density at radius 2 is 2.27 bits per heavy atom. The number of nitrogens with zero attached hydrogens (tertiary/aromatic N) is 1. The fraction of sp³-hybridized carbons (Fsp3) is 0.727. The summed E-state index contributed by atoms with van der Waals surface area (Å²) in [4.78, 5) is 13.4. The zero-order valence-corrected chi connectivity index (χ0v) is 10.3. The van der Waals surface area contributed by atoms with E-state index in [0.717, 1.165) is 13.0 Å². The van der Waals surface area contributed by atoms with Gasteiger partial charge in [-0.2, -0.15) is 0 Å². The van der Waals surface area contributed by atoms with Crippen LogP contribution in [0.3, 0.4) is 0 Å². The van der Waals surface area contributed by atoms with Gasteiger partial charge in [0.2, 0.25) is 0 Å². The number of carbonyl (C=O) groups excluding carboxylic acids is 1. The van der Waals surface area contributed by atoms with Crippen LogP contribution in [0.1, 0.15) is 27.2 Å². The lowest BCUT2D eigenvalue weighted by atomic mass is 10.2. The number of terminal acetylenes is 1. The molecule has 0 saturated carbocycles. The molecule has 1 fully saturated rings. The van der Waals surface area contributed by atoms with E-state index >= 15 is 0 Å². The average Bonchev–Trinajstić information content (AvgIpc) is 2.50. The van der Waals surface area contributed by atoms with Crippen molar-refractivity contribution in [1.82, 2.24) is 4.90 Å². The van der Waals surface area contributed by atoms with Gasteiger partial charge >= 0.3 is 6.09 Å². The molecule has 1 unspecified atom stereocenters. The SMILES string of the molecule is C#CSC1CCN(C(=O)OC(C)(C)C)C1. The molecule has 1 rings (SSSR count). The van der Waals surface area contributed by atoms with Crippen LogP contribution in [0.4, 0.5) is 4.79 Å². The van der Waals surface area contributed by atoms with Gasteiger partial charge in [0.1, 0.15) is 5.60 Å². The zero-order chi connectivity index (χ0) is 11.5. The van der Waals surface area contributed by atoms with Gasteiger partial charge in [-0.25, -0.2) is 4.79 Å². The molecule has 0 bridgehead atoms. The Labute approximate surface area is 95.5 Å². The van der Waals surface area contributed by atoms with Gasteiger partial charge in [-0.15, -0.1) is 6.42 Å². The van der Waals surface area contributed by atoms with Gasteiger partial charge < -0.3 is 9.64 Å². The van der Waals surface area contributed by atoms with Crippen LogP contribution in [0.25, 0.3) is 0 Å². The molecular weight excluding hydrogens is 210 g/mol. The topological polar surface area (TPSA) is 29.5 Å². The number of thioether (sulfide) groups is 1. The van der Waals surface area contributed by atoms with Crippen LogP contribution in [0.15, 0.2) is 0 Å². The minimum Gasteiger partial charge on any atom is -0.444 e. The average molecular weight is 227 g/mol. The highest BCUT2D eigenvalue weighted by Gasteiger charge is 2.29. The molecule has 84 valence electrons. The maximum Gasteiger partial charge on any atom is 0.410 e. The first-order valence-electron chi connectivity index (χ1n) is 5.01. The van der Waals surface area contributed by atoms with Crippen molar-refractivity contribution in [2.24, 2.45) is 0 Å². The van der Waals surface area contributed by atoms with Gasteiger partial charge in [0.25, 0.3) is 0 Å². The second kappa shape index (κ2) is 4.80. The van der Waals surface area contributed by atoms with Gasteiger partial charge in [-0.1, -0.05) is 11.8 Å². The Kier molecular flexibility index (Phi) is 3.92. The highest BCUT2D eigenvalue weighted by molar-refractivity contribution is 8.04. The van der Waals surface area contributed by atoms with Crippen LogP contribution in [0, 0.1) is 11.7 Å². The Morgan fingerprint density at radius 1 is 1.60 bits per heavy atom. The molecule has 0 N–H and O–H groups in total. The quantitative estimate of drug-likeness (QED) is 0.644. The summed E-state index contributed by atoms with van der Waals surface area (Å²) in [7, 11) is 0. The van der Waals surface area contributed by atoms with E-state index in [1.54, 1.807) is 4.90 Å². The number of ether oxygens (including phenoxy) is 1. The van der Waals surface area contributed by atoms with Crippen LogP contribution >= 0.6 is 11.8 Å². The summed E-state index contributed by atoms with van der Waals surface area (Å²) < 4.78 is 5.27. The number of hydrogen-bond acceptors (Lipinski definition) is 3. The van der Waals surface area contributed by atoms with Crippen molar-refractivity contribution in [2.45, 2.75) is 38.0 Å². The van der Waals surface area contributed by atoms with E-state index < -0.39 is 5.60 Å². The van der Waals surface area contributed by atoms with Crippen LogP contribution in [0.5, 0.6) is 0 Å². The minimum absolute atomic E-state index is 0.234. The van der Waals surface area contributed by atoms with E-state index in [1.165, 1.54) is 11.8 Å². The Balaban J connectivity index is 2.41. The van der Waals surface area contributed by atoms with Crippen molar-refractivity contribution >= 4 is 17.9 Å². The molecule has 1 heterocycles. The smallest absolute Gasteiger partial charge is 0.410 e. The summed E-state index contributed by atoms with van der Waals surface area (Å²) >= 11 is 1.46. The second-order valence-corrected chi connectivity index (χ2v) is 5.71. The zero-order valence-electron chi connectivity index (χ0n) is 9.45. The molecular formula is C11H17NO2S. The molecule has 0 aromatic carbocycles. The monoisotopic (exact) mass is 227 g/mol. The fourth-order valence-corrected chi connectivity index (χ4v) is 2.08. The van der Waals surface area contributed by atoms with Crippen molar-refractivity contribution in [1.29, 1.82) is 0 Å². The summed E-state index contributed by atoms with van der Waals surface area (Å²) in [5.41, 5.74) is -0.422. The standard InChI is InChI=1S/C11H17NO2S/c1-5-15-9-6-7-12(8-9)10(13)14-11(2,3)4/h1,9H,6-8H2,2-4H3. The maximum absolute atomic E-state index is 11.7. The van der Waals surface area contributed by atoms with Gasteiger partial charge in [0.05, 0.1) is 0 Å². The molecule has 0 aromatic heterocycles. The third-order valence-corrected chi connectivity index (χ3v) is 2.89. The van der Waals surface area contributed by atoms with Crippen LogP contribution in [-0.4, -0.2) is 34.9 Å². The molecule has 1 saturated heterocycles. The molecule has 4 heteroatoms. The van der Waals surface area contributed by atoms with E-state index in [-0.39, 0.29) is 6.09 Å². The highest BCUT2D eigenvalue weighted by Crippen LogP contribution is 2.23. The predicted molar refractivity (Wildman–Crippen MR) is 62.6 cm³/mol. The van der Waals surface area contributed by atoms with Gasteiger partial charge in [0.15, 0.2) is 0 Å². The molecule has 0 spiro atoms. The number of hydrogen-bond donors (Lipinski definition) is 0. The molecule has 1 aliphatic heterocycles. The lowest BCUT2D eigenvalue weighted by molar-refractivity contribution is 0.0295. The second-order valence-electron chi connectivity index (χ2n) is 4.57. The number of amides is 1. The van der Waals surface area contributed by atoms with E-state index in [2.05, 4.69) is 5.25 Å². The number of carbonyl (C=O) groups is 1. The van der Waals surface area contributed by atoms with Crippen molar-refractivity contribution < 1.29 is 9.53 Å². The molecule has 3 nitrogen and oxygen atoms in total. The molecule has 15 heavy (non-hydrogen) atoms. The van der Waals surface area contributed by atoms with Crippen LogP contribution in [0.2, 0.25) is 0 Å². The van der Waals surface area contributed by atoms with Crippen molar-refractivity contribution in [2.75, 3.05) is 13.1 Å². The third-order valence-electron chi connectivity index (χ3n) is 2.03. The third kappa shape index (κ3) is 4.05. The van der Waals surface area contributed by atoms with E-state index in [0.29, 0.717) is 11.8 Å². The van der Waals surface area contributed by atoms with Crippen molar-refractivity contribution in [3.8, 4) is 11.7 Å². The molecule has 1 aliphatic rings. The molecule has 0 radical (unpaired) electrons. The van der Waals surface area contributed by atoms with Crippen molar-refractivity contribution in [3.63, 3.8) is 0 Å². The Hall–Kier alpha value is -0.820. The Bertz CT molecular complexity index is 277. The van der Waals surface area contributed by atoms with E-state index in [1.807, 2.05) is 20.8 Å². The largest absolute Gasteiger partial charge is 0.444 e. The van der Waals surface area contributed by atoms with Crippen LogP contribution < -0.4 is 0 Å². The first-order chi connectivity index (χ1) is 6.92. The lowest BCUT2D eigenvalue weighted by Crippen LogP contribution is -2.35. The highest BCUT2D eigenvalue weighted by atomic mass is 32.2. The predicted octanol–water partition coefficient (Wildman–Crippen LogP) is 2.32. The summed E-state index contributed by atoms with van der Waals surface area (Å²) in [5, 5.41) is 2.92. The Morgan fingerprint density at radius 3 is 2.80 bits per heavy atom.